The third-order valence-corrected chi connectivity index (χ3v) is 5.03. The van der Waals surface area contributed by atoms with Crippen LogP contribution >= 0.6 is 0 Å². The van der Waals surface area contributed by atoms with E-state index in [0.29, 0.717) is 29.3 Å². The smallest absolute Gasteiger partial charge is 0.212 e. The van der Waals surface area contributed by atoms with E-state index in [1.165, 1.54) is 6.07 Å². The first-order valence-corrected chi connectivity index (χ1v) is 8.51. The number of aromatic nitrogens is 1. The Labute approximate surface area is 136 Å². The molecule has 1 aromatic carbocycles. The lowest BCUT2D eigenvalue weighted by Crippen LogP contribution is -2.36. The lowest BCUT2D eigenvalue weighted by molar-refractivity contribution is 0.0963. The molecule has 0 radical (unpaired) electrons. The second-order valence-corrected chi connectivity index (χ2v) is 6.43. The molecule has 23 heavy (non-hydrogen) atoms. The molecule has 1 fully saturated rings. The van der Waals surface area contributed by atoms with Crippen LogP contribution < -0.4 is 5.32 Å². The molecule has 122 valence electrons. The fraction of sp³-hybridized carbons (Fsp3) is 0.474. The van der Waals surface area contributed by atoms with Gasteiger partial charge < -0.3 is 10.4 Å². The number of piperidine rings is 1. The molecular weight excluding hydrogens is 288 g/mol. The van der Waals surface area contributed by atoms with Crippen LogP contribution in [0.3, 0.4) is 0 Å². The van der Waals surface area contributed by atoms with Crippen LogP contribution in [-0.2, 0) is 0 Å². The lowest BCUT2D eigenvalue weighted by Gasteiger charge is -2.31. The lowest BCUT2D eigenvalue weighted by atomic mass is 9.81. The van der Waals surface area contributed by atoms with E-state index in [-0.39, 0.29) is 11.7 Å². The van der Waals surface area contributed by atoms with Gasteiger partial charge in [0.15, 0.2) is 5.78 Å². The highest BCUT2D eigenvalue weighted by Crippen LogP contribution is 2.28. The number of hydrogen-bond donors (Lipinski definition) is 2. The van der Waals surface area contributed by atoms with Crippen LogP contribution in [-0.4, -0.2) is 29.0 Å². The number of hydrogen-bond acceptors (Lipinski definition) is 4. The number of aromatic hydroxyl groups is 1. The largest absolute Gasteiger partial charge is 0.493 e. The molecule has 0 bridgehead atoms. The van der Waals surface area contributed by atoms with Crippen LogP contribution in [0.4, 0.5) is 0 Å². The number of nitrogens with zero attached hydrogens (tertiary/aromatic N) is 1. The minimum atomic E-state index is -0.0830. The molecule has 0 aliphatic carbocycles. The number of fused-ring (bicyclic) bond motifs is 1. The van der Waals surface area contributed by atoms with E-state index >= 15 is 0 Å². The second-order valence-electron chi connectivity index (χ2n) is 6.43. The summed E-state index contributed by atoms with van der Waals surface area (Å²) in [5, 5.41) is 14.1. The Balaban J connectivity index is 1.76. The Kier molecular flexibility index (Phi) is 4.91. The molecule has 2 aromatic rings. The van der Waals surface area contributed by atoms with E-state index in [9.17, 15) is 9.90 Å². The number of pyridine rings is 1. The van der Waals surface area contributed by atoms with Gasteiger partial charge in [0, 0.05) is 23.4 Å². The molecular formula is C19H24N2O2. The number of carbonyl (C=O) groups is 1. The molecule has 4 nitrogen and oxygen atoms in total. The van der Waals surface area contributed by atoms with E-state index in [0.717, 1.165) is 37.7 Å². The summed E-state index contributed by atoms with van der Waals surface area (Å²) in [5.41, 5.74) is 1.26. The minimum absolute atomic E-state index is 0.0830. The highest BCUT2D eigenvalue weighted by molar-refractivity contribution is 6.07. The van der Waals surface area contributed by atoms with Crippen molar-refractivity contribution in [3.63, 3.8) is 0 Å². The van der Waals surface area contributed by atoms with Gasteiger partial charge in [-0.25, -0.2) is 4.98 Å². The van der Waals surface area contributed by atoms with Crippen molar-refractivity contribution in [3.8, 4) is 5.88 Å². The van der Waals surface area contributed by atoms with E-state index in [4.69, 9.17) is 0 Å². The second kappa shape index (κ2) is 7.09. The Morgan fingerprint density at radius 3 is 3.00 bits per heavy atom. The highest BCUT2D eigenvalue weighted by atomic mass is 16.3. The van der Waals surface area contributed by atoms with Gasteiger partial charge in [0.25, 0.3) is 0 Å². The topological polar surface area (TPSA) is 62.2 Å². The quantitative estimate of drug-likeness (QED) is 0.829. The third kappa shape index (κ3) is 3.53. The Bertz CT molecular complexity index is 699. The molecule has 1 aromatic heterocycles. The van der Waals surface area contributed by atoms with Crippen LogP contribution in [0.5, 0.6) is 5.88 Å². The van der Waals surface area contributed by atoms with Crippen LogP contribution in [0.2, 0.25) is 0 Å². The van der Waals surface area contributed by atoms with E-state index in [1.54, 1.807) is 0 Å². The zero-order valence-electron chi connectivity index (χ0n) is 13.6. The van der Waals surface area contributed by atoms with Gasteiger partial charge in [0.1, 0.15) is 0 Å². The minimum Gasteiger partial charge on any atom is -0.493 e. The van der Waals surface area contributed by atoms with Gasteiger partial charge in [-0.05, 0) is 43.8 Å². The van der Waals surface area contributed by atoms with E-state index in [1.807, 2.05) is 24.3 Å². The first-order valence-electron chi connectivity index (χ1n) is 8.51. The van der Waals surface area contributed by atoms with Crippen molar-refractivity contribution in [2.75, 3.05) is 13.1 Å². The molecule has 2 atom stereocenters. The fourth-order valence-electron chi connectivity index (χ4n) is 3.68. The van der Waals surface area contributed by atoms with Gasteiger partial charge in [-0.15, -0.1) is 0 Å². The van der Waals surface area contributed by atoms with Crippen molar-refractivity contribution < 1.29 is 9.90 Å². The predicted octanol–water partition coefficient (Wildman–Crippen LogP) is 3.54. The number of ketones is 1. The summed E-state index contributed by atoms with van der Waals surface area (Å²) in [5.74, 6) is 1.30. The SMILES string of the molecule is CC[C@H]1CNCC[C@@H]1CCC(=O)c1cc(O)nc2ccccc12. The fourth-order valence-corrected chi connectivity index (χ4v) is 3.68. The Hall–Kier alpha value is -1.94. The van der Waals surface area contributed by atoms with E-state index < -0.39 is 0 Å². The Morgan fingerprint density at radius 1 is 1.35 bits per heavy atom. The van der Waals surface area contributed by atoms with Gasteiger partial charge in [0.2, 0.25) is 5.88 Å². The molecule has 3 rings (SSSR count). The van der Waals surface area contributed by atoms with Crippen molar-refractivity contribution in [2.45, 2.75) is 32.6 Å². The molecule has 0 saturated carbocycles. The van der Waals surface area contributed by atoms with Crippen molar-refractivity contribution in [1.82, 2.24) is 10.3 Å². The van der Waals surface area contributed by atoms with Gasteiger partial charge in [-0.2, -0.15) is 0 Å². The molecule has 0 spiro atoms. The number of nitrogens with one attached hydrogen (secondary N) is 1. The maximum Gasteiger partial charge on any atom is 0.212 e. The molecule has 0 unspecified atom stereocenters. The molecule has 0 amide bonds. The van der Waals surface area contributed by atoms with Crippen molar-refractivity contribution in [1.29, 1.82) is 0 Å². The maximum atomic E-state index is 12.7. The summed E-state index contributed by atoms with van der Waals surface area (Å²) in [4.78, 5) is 16.8. The summed E-state index contributed by atoms with van der Waals surface area (Å²) >= 11 is 0. The molecule has 1 saturated heterocycles. The summed E-state index contributed by atoms with van der Waals surface area (Å²) in [6, 6.07) is 8.99. The number of rotatable bonds is 5. The van der Waals surface area contributed by atoms with Crippen molar-refractivity contribution >= 4 is 16.7 Å². The standard InChI is InChI=1S/C19H24N2O2/c1-2-13-12-20-10-9-14(13)7-8-18(22)16-11-19(23)21-17-6-4-3-5-15(16)17/h3-6,11,13-14,20H,2,7-10,12H2,1H3,(H,21,23)/t13-,14-/m0/s1. The maximum absolute atomic E-state index is 12.7. The molecule has 1 aliphatic rings. The number of para-hydroxylation sites is 1. The zero-order valence-corrected chi connectivity index (χ0v) is 13.6. The van der Waals surface area contributed by atoms with Crippen LogP contribution in [0.15, 0.2) is 30.3 Å². The average Bonchev–Trinajstić information content (AvgIpc) is 2.59. The highest BCUT2D eigenvalue weighted by Gasteiger charge is 2.24. The monoisotopic (exact) mass is 312 g/mol. The van der Waals surface area contributed by atoms with Crippen LogP contribution in [0.1, 0.15) is 43.0 Å². The Morgan fingerprint density at radius 2 is 2.17 bits per heavy atom. The van der Waals surface area contributed by atoms with Crippen molar-refractivity contribution in [2.24, 2.45) is 11.8 Å². The summed E-state index contributed by atoms with van der Waals surface area (Å²) < 4.78 is 0. The molecule has 1 aliphatic heterocycles. The number of carbonyl (C=O) groups excluding carboxylic acids is 1. The normalized spacial score (nSPS) is 21.4. The summed E-state index contributed by atoms with van der Waals surface area (Å²) in [6.45, 7) is 4.34. The first kappa shape index (κ1) is 15.9. The van der Waals surface area contributed by atoms with Crippen LogP contribution in [0, 0.1) is 11.8 Å². The van der Waals surface area contributed by atoms with Crippen molar-refractivity contribution in [3.05, 3.63) is 35.9 Å². The molecule has 2 heterocycles. The molecule has 2 N–H and O–H groups in total. The van der Waals surface area contributed by atoms with Gasteiger partial charge in [-0.3, -0.25) is 4.79 Å². The molecule has 4 heteroatoms. The number of Topliss-reactive ketones (excluding diaryl/α,β-unsaturated/α-hetero) is 1. The average molecular weight is 312 g/mol. The van der Waals surface area contributed by atoms with E-state index in [2.05, 4.69) is 17.2 Å². The number of benzene rings is 1. The third-order valence-electron chi connectivity index (χ3n) is 5.03. The first-order chi connectivity index (χ1) is 11.2. The van der Waals surface area contributed by atoms with Crippen LogP contribution in [0.25, 0.3) is 10.9 Å². The van der Waals surface area contributed by atoms with Gasteiger partial charge in [-0.1, -0.05) is 31.5 Å². The van der Waals surface area contributed by atoms with Gasteiger partial charge >= 0.3 is 0 Å². The summed E-state index contributed by atoms with van der Waals surface area (Å²) in [7, 11) is 0. The van der Waals surface area contributed by atoms with Gasteiger partial charge in [0.05, 0.1) is 5.52 Å². The predicted molar refractivity (Wildman–Crippen MR) is 91.7 cm³/mol. The zero-order chi connectivity index (χ0) is 16.2. The summed E-state index contributed by atoms with van der Waals surface area (Å²) in [6.07, 6.45) is 3.77.